The fourth-order valence-corrected chi connectivity index (χ4v) is 3.20. The van der Waals surface area contributed by atoms with Gasteiger partial charge < -0.3 is 5.73 Å². The molecule has 22 heavy (non-hydrogen) atoms. The van der Waals surface area contributed by atoms with E-state index in [9.17, 15) is 21.6 Å². The van der Waals surface area contributed by atoms with Gasteiger partial charge in [-0.05, 0) is 24.5 Å². The smallest absolute Gasteiger partial charge is 0.324 e. The van der Waals surface area contributed by atoms with Crippen LogP contribution in [0.5, 0.6) is 0 Å². The summed E-state index contributed by atoms with van der Waals surface area (Å²) in [5.41, 5.74) is 4.07. The number of rotatable bonds is 7. The van der Waals surface area contributed by atoms with Crippen molar-refractivity contribution in [1.29, 1.82) is 0 Å². The van der Waals surface area contributed by atoms with E-state index in [0.29, 0.717) is 12.8 Å². The van der Waals surface area contributed by atoms with Crippen LogP contribution in [-0.2, 0) is 22.0 Å². The molecule has 0 saturated carbocycles. The van der Waals surface area contributed by atoms with Crippen molar-refractivity contribution in [3.05, 3.63) is 35.4 Å². The third-order valence-electron chi connectivity index (χ3n) is 3.72. The van der Waals surface area contributed by atoms with Gasteiger partial charge in [-0.25, -0.2) is 13.1 Å². The van der Waals surface area contributed by atoms with Crippen LogP contribution in [-0.4, -0.2) is 20.5 Å². The Bertz CT molecular complexity index is 596. The maximum absolute atomic E-state index is 12.9. The quantitative estimate of drug-likeness (QED) is 0.803. The molecule has 0 bridgehead atoms. The molecule has 1 aromatic rings. The van der Waals surface area contributed by atoms with Crippen LogP contribution in [0.1, 0.15) is 37.8 Å². The highest BCUT2D eigenvalue weighted by atomic mass is 32.2. The number of hydrogen-bond acceptors (Lipinski definition) is 3. The van der Waals surface area contributed by atoms with Crippen molar-refractivity contribution in [3.63, 3.8) is 0 Å². The molecule has 0 aromatic heterocycles. The molecule has 0 saturated heterocycles. The Morgan fingerprint density at radius 3 is 2.18 bits per heavy atom. The first kappa shape index (κ1) is 18.9. The molecule has 1 rings (SSSR count). The summed E-state index contributed by atoms with van der Waals surface area (Å²) in [5.74, 6) is -0.730. The first-order chi connectivity index (χ1) is 10.0. The predicted molar refractivity (Wildman–Crippen MR) is 79.6 cm³/mol. The van der Waals surface area contributed by atoms with Gasteiger partial charge in [-0.1, -0.05) is 32.0 Å². The third kappa shape index (κ3) is 5.26. The first-order valence-corrected chi connectivity index (χ1v) is 8.59. The number of sulfonamides is 1. The summed E-state index contributed by atoms with van der Waals surface area (Å²) in [6.07, 6.45) is -3.47. The lowest BCUT2D eigenvalue weighted by molar-refractivity contribution is -0.138. The van der Waals surface area contributed by atoms with Crippen molar-refractivity contribution in [2.45, 2.75) is 44.2 Å². The Labute approximate surface area is 128 Å². The molecule has 8 heteroatoms. The summed E-state index contributed by atoms with van der Waals surface area (Å²) >= 11 is 0. The second-order valence-electron chi connectivity index (χ2n) is 5.30. The van der Waals surface area contributed by atoms with Crippen LogP contribution in [0.25, 0.3) is 0 Å². The van der Waals surface area contributed by atoms with E-state index in [4.69, 9.17) is 5.73 Å². The molecule has 0 aliphatic heterocycles. The Morgan fingerprint density at radius 2 is 1.68 bits per heavy atom. The molecule has 0 fully saturated rings. The van der Waals surface area contributed by atoms with Crippen molar-refractivity contribution in [1.82, 2.24) is 4.72 Å². The van der Waals surface area contributed by atoms with Gasteiger partial charge in [0.15, 0.2) is 0 Å². The summed E-state index contributed by atoms with van der Waals surface area (Å²) in [7, 11) is -3.90. The molecule has 4 nitrogen and oxygen atoms in total. The fourth-order valence-electron chi connectivity index (χ4n) is 1.93. The summed E-state index contributed by atoms with van der Waals surface area (Å²) in [4.78, 5) is 0. The Morgan fingerprint density at radius 1 is 1.14 bits per heavy atom. The molecule has 0 aliphatic rings. The minimum absolute atomic E-state index is 0.00345. The second kappa shape index (κ2) is 6.97. The van der Waals surface area contributed by atoms with Crippen LogP contribution >= 0.6 is 0 Å². The van der Waals surface area contributed by atoms with E-state index in [1.165, 1.54) is 12.1 Å². The van der Waals surface area contributed by atoms with Crippen LogP contribution in [0.4, 0.5) is 13.2 Å². The minimum atomic E-state index is -4.59. The van der Waals surface area contributed by atoms with Crippen molar-refractivity contribution in [2.24, 2.45) is 5.73 Å². The monoisotopic (exact) mass is 338 g/mol. The van der Waals surface area contributed by atoms with Crippen molar-refractivity contribution in [3.8, 4) is 0 Å². The average Bonchev–Trinajstić information content (AvgIpc) is 2.44. The van der Waals surface area contributed by atoms with Crippen molar-refractivity contribution < 1.29 is 21.6 Å². The zero-order chi connectivity index (χ0) is 17.0. The molecule has 1 aromatic carbocycles. The van der Waals surface area contributed by atoms with Gasteiger partial charge in [0, 0.05) is 12.1 Å². The maximum atomic E-state index is 12.9. The molecule has 0 atom stereocenters. The standard InChI is InChI=1S/C14H21F3N2O2S/c1-3-13(18,4-2)10-19-22(20,21)9-11-7-5-6-8-12(11)14(15,16)17/h5-8,19H,3-4,9-10,18H2,1-2H3. The number of hydrogen-bond donors (Lipinski definition) is 2. The van der Waals surface area contributed by atoms with Gasteiger partial charge in [0.2, 0.25) is 10.0 Å². The number of halogens is 3. The molecule has 0 aliphatic carbocycles. The van der Waals surface area contributed by atoms with Gasteiger partial charge >= 0.3 is 6.18 Å². The van der Waals surface area contributed by atoms with Gasteiger partial charge in [-0.15, -0.1) is 0 Å². The van der Waals surface area contributed by atoms with E-state index >= 15 is 0 Å². The van der Waals surface area contributed by atoms with E-state index < -0.39 is 33.1 Å². The van der Waals surface area contributed by atoms with Gasteiger partial charge in [-0.2, -0.15) is 13.2 Å². The molecule has 0 unspecified atom stereocenters. The lowest BCUT2D eigenvalue weighted by atomic mass is 9.95. The van der Waals surface area contributed by atoms with E-state index in [2.05, 4.69) is 4.72 Å². The van der Waals surface area contributed by atoms with E-state index in [1.54, 1.807) is 0 Å². The van der Waals surface area contributed by atoms with Gasteiger partial charge in [-0.3, -0.25) is 0 Å². The second-order valence-corrected chi connectivity index (χ2v) is 7.11. The molecular weight excluding hydrogens is 317 g/mol. The largest absolute Gasteiger partial charge is 0.416 e. The van der Waals surface area contributed by atoms with E-state index in [0.717, 1.165) is 12.1 Å². The van der Waals surface area contributed by atoms with Crippen molar-refractivity contribution in [2.75, 3.05) is 6.54 Å². The zero-order valence-corrected chi connectivity index (χ0v) is 13.4. The predicted octanol–water partition coefficient (Wildman–Crippen LogP) is 2.64. The highest BCUT2D eigenvalue weighted by molar-refractivity contribution is 7.88. The third-order valence-corrected chi connectivity index (χ3v) is 5.00. The molecular formula is C14H21F3N2O2S. The summed E-state index contributed by atoms with van der Waals surface area (Å²) in [5, 5.41) is 0. The zero-order valence-electron chi connectivity index (χ0n) is 12.6. The molecule has 126 valence electrons. The average molecular weight is 338 g/mol. The lowest BCUT2D eigenvalue weighted by Crippen LogP contribution is -2.49. The molecule has 0 heterocycles. The highest BCUT2D eigenvalue weighted by Gasteiger charge is 2.34. The summed E-state index contributed by atoms with van der Waals surface area (Å²) in [6.45, 7) is 3.66. The summed E-state index contributed by atoms with van der Waals surface area (Å²) < 4.78 is 65.0. The first-order valence-electron chi connectivity index (χ1n) is 6.94. The van der Waals surface area contributed by atoms with Gasteiger partial charge in [0.05, 0.1) is 11.3 Å². The fraction of sp³-hybridized carbons (Fsp3) is 0.571. The Hall–Kier alpha value is -1.12. The maximum Gasteiger partial charge on any atom is 0.416 e. The molecule has 0 spiro atoms. The van der Waals surface area contributed by atoms with Crippen LogP contribution in [0.3, 0.4) is 0 Å². The topological polar surface area (TPSA) is 72.2 Å². The van der Waals surface area contributed by atoms with Crippen LogP contribution in [0, 0.1) is 0 Å². The van der Waals surface area contributed by atoms with Crippen LogP contribution < -0.4 is 10.5 Å². The normalized spacial score (nSPS) is 13.4. The van der Waals surface area contributed by atoms with Crippen LogP contribution in [0.2, 0.25) is 0 Å². The Kier molecular flexibility index (Phi) is 6.00. The van der Waals surface area contributed by atoms with Gasteiger partial charge in [0.25, 0.3) is 0 Å². The van der Waals surface area contributed by atoms with Crippen molar-refractivity contribution >= 4 is 10.0 Å². The van der Waals surface area contributed by atoms with Crippen LogP contribution in [0.15, 0.2) is 24.3 Å². The molecule has 0 radical (unpaired) electrons. The SMILES string of the molecule is CCC(N)(CC)CNS(=O)(=O)Cc1ccccc1C(F)(F)F. The lowest BCUT2D eigenvalue weighted by Gasteiger charge is -2.26. The number of nitrogens with one attached hydrogen (secondary N) is 1. The van der Waals surface area contributed by atoms with E-state index in [1.807, 2.05) is 13.8 Å². The van der Waals surface area contributed by atoms with E-state index in [-0.39, 0.29) is 12.1 Å². The number of alkyl halides is 3. The Balaban J connectivity index is 2.91. The highest BCUT2D eigenvalue weighted by Crippen LogP contribution is 2.32. The molecule has 0 amide bonds. The number of nitrogens with two attached hydrogens (primary N) is 1. The number of benzene rings is 1. The molecule has 3 N–H and O–H groups in total. The van der Waals surface area contributed by atoms with Gasteiger partial charge in [0.1, 0.15) is 0 Å². The minimum Gasteiger partial charge on any atom is -0.324 e. The summed E-state index contributed by atoms with van der Waals surface area (Å²) in [6, 6.07) is 4.64.